The first kappa shape index (κ1) is 26.9. The number of esters is 1. The van der Waals surface area contributed by atoms with Crippen molar-refractivity contribution in [3.05, 3.63) is 63.5 Å². The predicted octanol–water partition coefficient (Wildman–Crippen LogP) is 6.00. The van der Waals surface area contributed by atoms with Crippen LogP contribution in [0, 0.1) is 11.3 Å². The summed E-state index contributed by atoms with van der Waals surface area (Å²) in [4.78, 5) is 27.6. The fourth-order valence-corrected chi connectivity index (χ4v) is 6.68. The van der Waals surface area contributed by atoms with Gasteiger partial charge in [-0.25, -0.2) is 4.79 Å². The van der Waals surface area contributed by atoms with E-state index in [-0.39, 0.29) is 16.9 Å². The van der Waals surface area contributed by atoms with E-state index in [4.69, 9.17) is 18.9 Å². The van der Waals surface area contributed by atoms with E-state index in [1.54, 1.807) is 41.7 Å². The van der Waals surface area contributed by atoms with Crippen molar-refractivity contribution in [3.63, 3.8) is 0 Å². The van der Waals surface area contributed by atoms with Gasteiger partial charge in [0.15, 0.2) is 11.5 Å². The van der Waals surface area contributed by atoms with Crippen LogP contribution in [0.4, 0.5) is 5.00 Å². The highest BCUT2D eigenvalue weighted by Gasteiger charge is 2.36. The number of anilines is 1. The average Bonchev–Trinajstić information content (AvgIpc) is 3.30. The van der Waals surface area contributed by atoms with Crippen LogP contribution in [-0.2, 0) is 12.8 Å². The van der Waals surface area contributed by atoms with Gasteiger partial charge in [-0.1, -0.05) is 32.9 Å². The van der Waals surface area contributed by atoms with E-state index in [0.29, 0.717) is 28.9 Å². The normalized spacial score (nSPS) is 18.3. The quantitative estimate of drug-likeness (QED) is 0.287. The van der Waals surface area contributed by atoms with E-state index in [2.05, 4.69) is 31.4 Å². The Hall–Kier alpha value is -3.72. The van der Waals surface area contributed by atoms with Crippen molar-refractivity contribution < 1.29 is 28.5 Å². The number of thiophene rings is 1. The molecule has 0 saturated carbocycles. The molecule has 9 heteroatoms. The average molecular weight is 551 g/mol. The lowest BCUT2D eigenvalue weighted by Gasteiger charge is -2.34. The number of hydrogen-bond acceptors (Lipinski definition) is 8. The SMILES string of the molecule is COc1cc(C(=O)Oc2cccc(C3NC(=O)c4c(sc5c4CCC(C(C)(C)C)C5)N3)c2)cc(OC)c1OC. The first-order chi connectivity index (χ1) is 18.6. The van der Waals surface area contributed by atoms with Crippen molar-refractivity contribution in [2.24, 2.45) is 11.3 Å². The van der Waals surface area contributed by atoms with Crippen molar-refractivity contribution in [2.45, 2.75) is 46.2 Å². The highest BCUT2D eigenvalue weighted by molar-refractivity contribution is 7.16. The maximum absolute atomic E-state index is 13.2. The number of benzene rings is 2. The monoisotopic (exact) mass is 550 g/mol. The smallest absolute Gasteiger partial charge is 0.343 e. The van der Waals surface area contributed by atoms with E-state index in [1.807, 2.05) is 6.07 Å². The second kappa shape index (κ2) is 10.4. The van der Waals surface area contributed by atoms with Gasteiger partial charge in [-0.3, -0.25) is 4.79 Å². The number of amides is 1. The minimum Gasteiger partial charge on any atom is -0.493 e. The molecule has 0 fully saturated rings. The third-order valence-corrected chi connectivity index (χ3v) is 8.76. The molecule has 0 bridgehead atoms. The van der Waals surface area contributed by atoms with Crippen LogP contribution in [0.1, 0.15) is 70.1 Å². The lowest BCUT2D eigenvalue weighted by Crippen LogP contribution is -2.38. The van der Waals surface area contributed by atoms with Crippen molar-refractivity contribution in [1.29, 1.82) is 0 Å². The predicted molar refractivity (Wildman–Crippen MR) is 151 cm³/mol. The molecular weight excluding hydrogens is 516 g/mol. The third kappa shape index (κ3) is 5.15. The molecule has 206 valence electrons. The Morgan fingerprint density at radius 2 is 1.72 bits per heavy atom. The number of nitrogens with one attached hydrogen (secondary N) is 2. The standard InChI is InChI=1S/C30H34N2O6S/c1-30(2,3)18-10-11-20-23(15-18)39-28-24(20)27(33)31-26(32-28)16-8-7-9-19(12-16)38-29(34)17-13-21(35-4)25(37-6)22(14-17)36-5/h7-9,12-14,18,26,32H,10-11,15H2,1-6H3,(H,31,33). The second-order valence-corrected chi connectivity index (χ2v) is 12.0. The Balaban J connectivity index is 1.35. The molecule has 39 heavy (non-hydrogen) atoms. The van der Waals surface area contributed by atoms with Gasteiger partial charge in [0.25, 0.3) is 5.91 Å². The summed E-state index contributed by atoms with van der Waals surface area (Å²) in [7, 11) is 4.47. The molecule has 8 nitrogen and oxygen atoms in total. The summed E-state index contributed by atoms with van der Waals surface area (Å²) in [6.07, 6.45) is 2.58. The van der Waals surface area contributed by atoms with Crippen LogP contribution in [0.2, 0.25) is 0 Å². The van der Waals surface area contributed by atoms with E-state index in [0.717, 1.165) is 35.4 Å². The van der Waals surface area contributed by atoms with Crippen molar-refractivity contribution in [1.82, 2.24) is 5.32 Å². The summed E-state index contributed by atoms with van der Waals surface area (Å²) in [6, 6.07) is 10.2. The zero-order chi connectivity index (χ0) is 27.9. The molecule has 0 saturated heterocycles. The maximum Gasteiger partial charge on any atom is 0.343 e. The van der Waals surface area contributed by atoms with Gasteiger partial charge in [-0.2, -0.15) is 0 Å². The van der Waals surface area contributed by atoms with Crippen molar-refractivity contribution >= 4 is 28.2 Å². The lowest BCUT2D eigenvalue weighted by molar-refractivity contribution is 0.0733. The Morgan fingerprint density at radius 1 is 1.00 bits per heavy atom. The topological polar surface area (TPSA) is 95.1 Å². The summed E-state index contributed by atoms with van der Waals surface area (Å²) in [5.41, 5.74) is 3.24. The second-order valence-electron chi connectivity index (χ2n) is 10.9. The number of hydrogen-bond donors (Lipinski definition) is 2. The summed E-state index contributed by atoms with van der Waals surface area (Å²) in [5, 5.41) is 7.51. The molecule has 1 aliphatic carbocycles. The largest absolute Gasteiger partial charge is 0.493 e. The number of rotatable bonds is 6. The highest BCUT2D eigenvalue weighted by Crippen LogP contribution is 2.46. The Morgan fingerprint density at radius 3 is 2.36 bits per heavy atom. The highest BCUT2D eigenvalue weighted by atomic mass is 32.1. The molecule has 3 aromatic rings. The van der Waals surface area contributed by atoms with Crippen molar-refractivity contribution in [3.8, 4) is 23.0 Å². The zero-order valence-electron chi connectivity index (χ0n) is 23.1. The van der Waals surface area contributed by atoms with Crippen LogP contribution in [0.5, 0.6) is 23.0 Å². The number of fused-ring (bicyclic) bond motifs is 3. The van der Waals surface area contributed by atoms with Crippen molar-refractivity contribution in [2.75, 3.05) is 26.6 Å². The van der Waals surface area contributed by atoms with Crippen LogP contribution in [0.25, 0.3) is 0 Å². The molecular formula is C30H34N2O6S. The summed E-state index contributed by atoms with van der Waals surface area (Å²) < 4.78 is 21.7. The van der Waals surface area contributed by atoms with Gasteiger partial charge in [-0.15, -0.1) is 11.3 Å². The Labute approximate surface area is 232 Å². The van der Waals surface area contributed by atoms with E-state index < -0.39 is 12.1 Å². The van der Waals surface area contributed by atoms with Crippen LogP contribution in [0.15, 0.2) is 36.4 Å². The lowest BCUT2D eigenvalue weighted by atomic mass is 9.72. The van der Waals surface area contributed by atoms with Crippen LogP contribution in [0.3, 0.4) is 0 Å². The van der Waals surface area contributed by atoms with Crippen LogP contribution < -0.4 is 29.6 Å². The van der Waals surface area contributed by atoms with Gasteiger partial charge in [0.2, 0.25) is 5.75 Å². The molecule has 0 radical (unpaired) electrons. The Bertz CT molecular complexity index is 1400. The zero-order valence-corrected chi connectivity index (χ0v) is 23.9. The molecule has 2 aromatic carbocycles. The van der Waals surface area contributed by atoms with E-state index >= 15 is 0 Å². The molecule has 2 aliphatic rings. The molecule has 2 unspecified atom stereocenters. The van der Waals surface area contributed by atoms with Gasteiger partial charge in [0.1, 0.15) is 16.9 Å². The van der Waals surface area contributed by atoms with Gasteiger partial charge in [0, 0.05) is 4.88 Å². The first-order valence-corrected chi connectivity index (χ1v) is 13.8. The third-order valence-electron chi connectivity index (χ3n) is 7.57. The molecule has 1 aliphatic heterocycles. The molecule has 2 N–H and O–H groups in total. The minimum atomic E-state index is -0.575. The molecule has 0 spiro atoms. The summed E-state index contributed by atoms with van der Waals surface area (Å²) >= 11 is 1.69. The molecule has 1 amide bonds. The summed E-state index contributed by atoms with van der Waals surface area (Å²) in [6.45, 7) is 6.87. The fraction of sp³-hybridized carbons (Fsp3) is 0.400. The van der Waals surface area contributed by atoms with E-state index in [9.17, 15) is 9.59 Å². The first-order valence-electron chi connectivity index (χ1n) is 13.0. The fourth-order valence-electron chi connectivity index (χ4n) is 5.33. The molecule has 2 atom stereocenters. The number of carbonyl (C=O) groups is 2. The summed E-state index contributed by atoms with van der Waals surface area (Å²) in [5.74, 6) is 1.41. The number of methoxy groups -OCH3 is 3. The maximum atomic E-state index is 13.2. The van der Waals surface area contributed by atoms with Gasteiger partial charge < -0.3 is 29.6 Å². The van der Waals surface area contributed by atoms with Gasteiger partial charge in [-0.05, 0) is 66.0 Å². The van der Waals surface area contributed by atoms with Crippen LogP contribution in [-0.4, -0.2) is 33.2 Å². The Kier molecular flexibility index (Phi) is 7.20. The van der Waals surface area contributed by atoms with E-state index in [1.165, 1.54) is 31.8 Å². The van der Waals surface area contributed by atoms with Gasteiger partial charge >= 0.3 is 5.97 Å². The minimum absolute atomic E-state index is 0.0692. The molecule has 2 heterocycles. The van der Waals surface area contributed by atoms with Gasteiger partial charge in [0.05, 0.1) is 32.5 Å². The number of ether oxygens (including phenoxy) is 4. The molecule has 5 rings (SSSR count). The molecule has 1 aromatic heterocycles. The number of carbonyl (C=O) groups excluding carboxylic acids is 2. The van der Waals surface area contributed by atoms with Crippen LogP contribution >= 0.6 is 11.3 Å².